The Kier molecular flexibility index (Phi) is 4.47. The number of hydrogen-bond acceptors (Lipinski definition) is 3. The molecule has 1 atom stereocenters. The van der Waals surface area contributed by atoms with Gasteiger partial charge in [0.15, 0.2) is 0 Å². The molecule has 0 unspecified atom stereocenters. The van der Waals surface area contributed by atoms with Crippen molar-refractivity contribution < 1.29 is 9.13 Å². The minimum Gasteiger partial charge on any atom is -0.378 e. The number of halogens is 2. The summed E-state index contributed by atoms with van der Waals surface area (Å²) in [6.07, 6.45) is 1.88. The van der Waals surface area contributed by atoms with Gasteiger partial charge >= 0.3 is 0 Å². The van der Waals surface area contributed by atoms with Crippen molar-refractivity contribution in [2.24, 2.45) is 0 Å². The van der Waals surface area contributed by atoms with Crippen LogP contribution in [0.15, 0.2) is 24.4 Å². The third-order valence-electron chi connectivity index (χ3n) is 4.16. The standard InChI is InChI=1S/C16H19ClFN3O/c1-11-16-19-8-13(10-22-2)21(16)6-5-20(11)9-12-3-4-14(17)15(18)7-12/h3-4,7-8,11H,5-6,9-10H2,1-2H3/t11-/m0/s1. The molecule has 1 aliphatic heterocycles. The van der Waals surface area contributed by atoms with Crippen LogP contribution in [0.2, 0.25) is 5.02 Å². The van der Waals surface area contributed by atoms with Crippen molar-refractivity contribution in [1.29, 1.82) is 0 Å². The molecule has 118 valence electrons. The van der Waals surface area contributed by atoms with E-state index in [2.05, 4.69) is 21.4 Å². The highest BCUT2D eigenvalue weighted by atomic mass is 35.5. The molecule has 0 spiro atoms. The van der Waals surface area contributed by atoms with Gasteiger partial charge in [-0.25, -0.2) is 9.37 Å². The first kappa shape index (κ1) is 15.5. The summed E-state index contributed by atoms with van der Waals surface area (Å²) in [7, 11) is 1.69. The Morgan fingerprint density at radius 3 is 2.95 bits per heavy atom. The first-order valence-corrected chi connectivity index (χ1v) is 7.69. The van der Waals surface area contributed by atoms with Crippen LogP contribution in [0.4, 0.5) is 4.39 Å². The predicted molar refractivity (Wildman–Crippen MR) is 83.2 cm³/mol. The minimum absolute atomic E-state index is 0.162. The van der Waals surface area contributed by atoms with Crippen LogP contribution in [0, 0.1) is 5.82 Å². The maximum absolute atomic E-state index is 13.6. The third-order valence-corrected chi connectivity index (χ3v) is 4.47. The molecule has 0 saturated heterocycles. The van der Waals surface area contributed by atoms with Gasteiger partial charge in [0.05, 0.1) is 29.6 Å². The van der Waals surface area contributed by atoms with Crippen LogP contribution in [-0.4, -0.2) is 28.1 Å². The van der Waals surface area contributed by atoms with E-state index in [1.54, 1.807) is 13.2 Å². The summed E-state index contributed by atoms with van der Waals surface area (Å²) in [4.78, 5) is 6.82. The van der Waals surface area contributed by atoms with E-state index < -0.39 is 0 Å². The minimum atomic E-state index is -0.368. The van der Waals surface area contributed by atoms with Crippen molar-refractivity contribution in [3.05, 3.63) is 52.3 Å². The van der Waals surface area contributed by atoms with E-state index >= 15 is 0 Å². The molecule has 1 aromatic heterocycles. The fraction of sp³-hybridized carbons (Fsp3) is 0.438. The Labute approximate surface area is 134 Å². The summed E-state index contributed by atoms with van der Waals surface area (Å²) in [6, 6.07) is 5.17. The van der Waals surface area contributed by atoms with Gasteiger partial charge in [0.1, 0.15) is 11.6 Å². The van der Waals surface area contributed by atoms with Crippen LogP contribution >= 0.6 is 11.6 Å². The summed E-state index contributed by atoms with van der Waals surface area (Å²) in [5.74, 6) is 0.667. The lowest BCUT2D eigenvalue weighted by molar-refractivity contribution is 0.143. The average molecular weight is 324 g/mol. The Bertz CT molecular complexity index is 673. The number of aromatic nitrogens is 2. The molecule has 4 nitrogen and oxygen atoms in total. The van der Waals surface area contributed by atoms with E-state index in [0.717, 1.165) is 30.2 Å². The molecule has 0 N–H and O–H groups in total. The maximum Gasteiger partial charge on any atom is 0.142 e. The van der Waals surface area contributed by atoms with E-state index in [-0.39, 0.29) is 16.9 Å². The fourth-order valence-electron chi connectivity index (χ4n) is 2.96. The highest BCUT2D eigenvalue weighted by molar-refractivity contribution is 6.30. The monoisotopic (exact) mass is 323 g/mol. The topological polar surface area (TPSA) is 30.3 Å². The highest BCUT2D eigenvalue weighted by Crippen LogP contribution is 2.27. The molecule has 3 rings (SSSR count). The lowest BCUT2D eigenvalue weighted by atomic mass is 10.1. The number of ether oxygens (including phenoxy) is 1. The van der Waals surface area contributed by atoms with Gasteiger partial charge < -0.3 is 9.30 Å². The maximum atomic E-state index is 13.6. The smallest absolute Gasteiger partial charge is 0.142 e. The van der Waals surface area contributed by atoms with Crippen LogP contribution in [-0.2, 0) is 24.4 Å². The Hall–Kier alpha value is -1.43. The number of methoxy groups -OCH3 is 1. The SMILES string of the molecule is COCc1cnc2n1CCN(Cc1ccc(Cl)c(F)c1)[C@H]2C. The van der Waals surface area contributed by atoms with Gasteiger partial charge in [-0.2, -0.15) is 0 Å². The Morgan fingerprint density at radius 2 is 2.23 bits per heavy atom. The summed E-state index contributed by atoms with van der Waals surface area (Å²) in [5.41, 5.74) is 2.02. The van der Waals surface area contributed by atoms with E-state index in [4.69, 9.17) is 16.3 Å². The molecule has 0 amide bonds. The summed E-state index contributed by atoms with van der Waals surface area (Å²) in [6.45, 7) is 5.14. The van der Waals surface area contributed by atoms with Gasteiger partial charge in [-0.3, -0.25) is 4.90 Å². The zero-order chi connectivity index (χ0) is 15.7. The molecule has 0 radical (unpaired) electrons. The average Bonchev–Trinajstić information content (AvgIpc) is 2.90. The van der Waals surface area contributed by atoms with Crippen molar-refractivity contribution in [2.75, 3.05) is 13.7 Å². The van der Waals surface area contributed by atoms with Gasteiger partial charge in [-0.15, -0.1) is 0 Å². The first-order valence-electron chi connectivity index (χ1n) is 7.31. The lowest BCUT2D eigenvalue weighted by Crippen LogP contribution is -2.37. The largest absolute Gasteiger partial charge is 0.378 e. The van der Waals surface area contributed by atoms with E-state index in [1.165, 1.54) is 6.07 Å². The summed E-state index contributed by atoms with van der Waals surface area (Å²) in [5, 5.41) is 0.162. The van der Waals surface area contributed by atoms with Crippen molar-refractivity contribution in [3.8, 4) is 0 Å². The zero-order valence-electron chi connectivity index (χ0n) is 12.7. The van der Waals surface area contributed by atoms with Crippen LogP contribution in [0.1, 0.15) is 30.0 Å². The van der Waals surface area contributed by atoms with Crippen LogP contribution in [0.5, 0.6) is 0 Å². The number of nitrogens with zero attached hydrogens (tertiary/aromatic N) is 3. The Morgan fingerprint density at radius 1 is 1.41 bits per heavy atom. The van der Waals surface area contributed by atoms with Crippen LogP contribution in [0.3, 0.4) is 0 Å². The molecule has 2 heterocycles. The first-order chi connectivity index (χ1) is 10.6. The van der Waals surface area contributed by atoms with Gasteiger partial charge in [-0.1, -0.05) is 17.7 Å². The van der Waals surface area contributed by atoms with Gasteiger partial charge in [0, 0.05) is 26.7 Å². The molecular weight excluding hydrogens is 305 g/mol. The van der Waals surface area contributed by atoms with E-state index in [1.807, 2.05) is 12.3 Å². The molecule has 1 aliphatic rings. The molecule has 2 aromatic rings. The Balaban J connectivity index is 1.77. The molecule has 6 heteroatoms. The van der Waals surface area contributed by atoms with Crippen molar-refractivity contribution in [3.63, 3.8) is 0 Å². The quantitative estimate of drug-likeness (QED) is 0.864. The van der Waals surface area contributed by atoms with Gasteiger partial charge in [-0.05, 0) is 24.6 Å². The summed E-state index contributed by atoms with van der Waals surface area (Å²) >= 11 is 5.74. The van der Waals surface area contributed by atoms with Crippen molar-refractivity contribution >= 4 is 11.6 Å². The number of rotatable bonds is 4. The number of benzene rings is 1. The molecule has 0 bridgehead atoms. The second kappa shape index (κ2) is 6.36. The normalized spacial score (nSPS) is 18.5. The predicted octanol–water partition coefficient (Wildman–Crippen LogP) is 3.40. The molecule has 22 heavy (non-hydrogen) atoms. The zero-order valence-corrected chi connectivity index (χ0v) is 13.5. The molecule has 0 aliphatic carbocycles. The van der Waals surface area contributed by atoms with E-state index in [9.17, 15) is 4.39 Å². The van der Waals surface area contributed by atoms with E-state index in [0.29, 0.717) is 13.2 Å². The van der Waals surface area contributed by atoms with Crippen LogP contribution < -0.4 is 0 Å². The fourth-order valence-corrected chi connectivity index (χ4v) is 3.07. The number of hydrogen-bond donors (Lipinski definition) is 0. The van der Waals surface area contributed by atoms with Crippen LogP contribution in [0.25, 0.3) is 0 Å². The van der Waals surface area contributed by atoms with Gasteiger partial charge in [0.25, 0.3) is 0 Å². The second-order valence-corrected chi connectivity index (χ2v) is 5.99. The third kappa shape index (κ3) is 2.89. The molecule has 1 aromatic carbocycles. The van der Waals surface area contributed by atoms with Crippen molar-refractivity contribution in [1.82, 2.24) is 14.5 Å². The number of fused-ring (bicyclic) bond motifs is 1. The second-order valence-electron chi connectivity index (χ2n) is 5.59. The summed E-state index contributed by atoms with van der Waals surface area (Å²) < 4.78 is 21.0. The van der Waals surface area contributed by atoms with Gasteiger partial charge in [0.2, 0.25) is 0 Å². The molecule has 0 fully saturated rings. The molecule has 0 saturated carbocycles. The number of imidazole rings is 1. The lowest BCUT2D eigenvalue weighted by Gasteiger charge is -2.34. The molecular formula is C16H19ClFN3O. The highest BCUT2D eigenvalue weighted by Gasteiger charge is 2.27. The van der Waals surface area contributed by atoms with Crippen molar-refractivity contribution in [2.45, 2.75) is 32.7 Å².